The Morgan fingerprint density at radius 1 is 0.929 bits per heavy atom. The maximum atomic E-state index is 12.3. The molecule has 0 aliphatic rings. The molecule has 2 aromatic carbocycles. The van der Waals surface area contributed by atoms with Crippen LogP contribution in [0.2, 0.25) is 0 Å². The summed E-state index contributed by atoms with van der Waals surface area (Å²) in [5, 5.41) is 11.9. The Labute approximate surface area is 163 Å². The Balaban J connectivity index is 2.10. The zero-order chi connectivity index (χ0) is 20.8. The molecule has 0 aliphatic carbocycles. The molecule has 0 bridgehead atoms. The quantitative estimate of drug-likeness (QED) is 0.673. The third-order valence-electron chi connectivity index (χ3n) is 4.44. The van der Waals surface area contributed by atoms with Crippen LogP contribution in [0.5, 0.6) is 11.5 Å². The molecule has 0 spiro atoms. The number of anilines is 1. The molecule has 0 aromatic heterocycles. The van der Waals surface area contributed by atoms with Gasteiger partial charge in [0.05, 0.1) is 25.5 Å². The fourth-order valence-electron chi connectivity index (χ4n) is 2.66. The van der Waals surface area contributed by atoms with E-state index >= 15 is 0 Å². The topological polar surface area (TPSA) is 102 Å². The smallest absolute Gasteiger partial charge is 0.337 e. The maximum absolute atomic E-state index is 12.3. The van der Waals surface area contributed by atoms with E-state index < -0.39 is 11.9 Å². The fourth-order valence-corrected chi connectivity index (χ4v) is 2.66. The number of carbonyl (C=O) groups is 3. The van der Waals surface area contributed by atoms with Crippen LogP contribution in [0.25, 0.3) is 0 Å². The number of ether oxygens (including phenoxy) is 2. The first-order valence-corrected chi connectivity index (χ1v) is 8.66. The van der Waals surface area contributed by atoms with Gasteiger partial charge in [0.25, 0.3) is 0 Å². The number of aryl methyl sites for hydroxylation is 2. The number of methoxy groups -OCH3 is 2. The number of Topliss-reactive ketones (excluding diaryl/α,β-unsaturated/α-hetero) is 1. The Hall–Kier alpha value is -3.35. The summed E-state index contributed by atoms with van der Waals surface area (Å²) in [6, 6.07) is 8.06. The maximum Gasteiger partial charge on any atom is 0.337 e. The Morgan fingerprint density at radius 3 is 2.14 bits per heavy atom. The van der Waals surface area contributed by atoms with Crippen LogP contribution in [0.4, 0.5) is 5.69 Å². The van der Waals surface area contributed by atoms with Gasteiger partial charge >= 0.3 is 5.97 Å². The Bertz CT molecular complexity index is 919. The van der Waals surface area contributed by atoms with E-state index in [0.717, 1.165) is 11.1 Å². The van der Waals surface area contributed by atoms with Gasteiger partial charge in [-0.25, -0.2) is 4.79 Å². The zero-order valence-electron chi connectivity index (χ0n) is 16.3. The lowest BCUT2D eigenvalue weighted by molar-refractivity contribution is -0.116. The first-order chi connectivity index (χ1) is 13.3. The van der Waals surface area contributed by atoms with Crippen LogP contribution in [-0.4, -0.2) is 37.0 Å². The summed E-state index contributed by atoms with van der Waals surface area (Å²) in [6.45, 7) is 3.88. The third kappa shape index (κ3) is 4.88. The van der Waals surface area contributed by atoms with Gasteiger partial charge in [0.15, 0.2) is 17.3 Å². The zero-order valence-corrected chi connectivity index (χ0v) is 16.3. The summed E-state index contributed by atoms with van der Waals surface area (Å²) in [5.74, 6) is -1.31. The SMILES string of the molecule is COc1cc(NC(=O)CCC(=O)c2ccc(C)c(C)c2)c(C(=O)O)cc1OC. The lowest BCUT2D eigenvalue weighted by Gasteiger charge is -2.13. The molecule has 0 fully saturated rings. The summed E-state index contributed by atoms with van der Waals surface area (Å²) >= 11 is 0. The van der Waals surface area contributed by atoms with Gasteiger partial charge in [-0.05, 0) is 31.0 Å². The normalized spacial score (nSPS) is 10.3. The van der Waals surface area contributed by atoms with Gasteiger partial charge in [0.2, 0.25) is 5.91 Å². The van der Waals surface area contributed by atoms with Crippen molar-refractivity contribution in [1.29, 1.82) is 0 Å². The number of carbonyl (C=O) groups excluding carboxylic acids is 2. The van der Waals surface area contributed by atoms with E-state index in [1.807, 2.05) is 19.9 Å². The second kappa shape index (κ2) is 9.03. The minimum absolute atomic E-state index is 0.0179. The Morgan fingerprint density at radius 2 is 1.57 bits per heavy atom. The van der Waals surface area contributed by atoms with Crippen molar-refractivity contribution in [3.8, 4) is 11.5 Å². The van der Waals surface area contributed by atoms with Crippen molar-refractivity contribution < 1.29 is 29.0 Å². The van der Waals surface area contributed by atoms with E-state index in [-0.39, 0.29) is 41.4 Å². The second-order valence-corrected chi connectivity index (χ2v) is 6.33. The molecule has 0 atom stereocenters. The molecule has 1 amide bonds. The van der Waals surface area contributed by atoms with Crippen LogP contribution in [0.3, 0.4) is 0 Å². The minimum Gasteiger partial charge on any atom is -0.493 e. The predicted molar refractivity (Wildman–Crippen MR) is 105 cm³/mol. The van der Waals surface area contributed by atoms with Crippen molar-refractivity contribution >= 4 is 23.3 Å². The Kier molecular flexibility index (Phi) is 6.76. The molecule has 0 saturated carbocycles. The third-order valence-corrected chi connectivity index (χ3v) is 4.44. The molecule has 148 valence electrons. The van der Waals surface area contributed by atoms with Gasteiger partial charge in [-0.1, -0.05) is 12.1 Å². The van der Waals surface area contributed by atoms with Crippen molar-refractivity contribution in [3.05, 3.63) is 52.6 Å². The molecule has 0 heterocycles. The molecule has 0 saturated heterocycles. The summed E-state index contributed by atoms with van der Waals surface area (Å²) in [7, 11) is 2.80. The largest absolute Gasteiger partial charge is 0.493 e. The second-order valence-electron chi connectivity index (χ2n) is 6.33. The summed E-state index contributed by atoms with van der Waals surface area (Å²) < 4.78 is 10.2. The number of amides is 1. The van der Waals surface area contributed by atoms with Crippen molar-refractivity contribution in [3.63, 3.8) is 0 Å². The van der Waals surface area contributed by atoms with Crippen molar-refractivity contribution in [2.45, 2.75) is 26.7 Å². The highest BCUT2D eigenvalue weighted by Crippen LogP contribution is 2.33. The highest BCUT2D eigenvalue weighted by molar-refractivity contribution is 6.03. The summed E-state index contributed by atoms with van der Waals surface area (Å²) in [5.41, 5.74) is 2.59. The van der Waals surface area contributed by atoms with Crippen LogP contribution >= 0.6 is 0 Å². The number of nitrogens with one attached hydrogen (secondary N) is 1. The fraction of sp³-hybridized carbons (Fsp3) is 0.286. The van der Waals surface area contributed by atoms with Crippen LogP contribution < -0.4 is 14.8 Å². The first kappa shape index (κ1) is 21.0. The molecule has 7 heteroatoms. The molecule has 2 rings (SSSR count). The first-order valence-electron chi connectivity index (χ1n) is 8.66. The summed E-state index contributed by atoms with van der Waals surface area (Å²) in [4.78, 5) is 36.1. The van der Waals surface area contributed by atoms with Crippen molar-refractivity contribution in [2.24, 2.45) is 0 Å². The van der Waals surface area contributed by atoms with E-state index in [1.165, 1.54) is 26.4 Å². The van der Waals surface area contributed by atoms with Crippen LogP contribution in [-0.2, 0) is 4.79 Å². The molecular weight excluding hydrogens is 362 g/mol. The van der Waals surface area contributed by atoms with Gasteiger partial charge in [0.1, 0.15) is 0 Å². The van der Waals surface area contributed by atoms with E-state index in [0.29, 0.717) is 5.56 Å². The van der Waals surface area contributed by atoms with Gasteiger partial charge in [-0.15, -0.1) is 0 Å². The number of aromatic carboxylic acids is 1. The molecule has 2 aromatic rings. The monoisotopic (exact) mass is 385 g/mol. The van der Waals surface area contributed by atoms with E-state index in [1.54, 1.807) is 12.1 Å². The van der Waals surface area contributed by atoms with Crippen LogP contribution in [0, 0.1) is 13.8 Å². The highest BCUT2D eigenvalue weighted by atomic mass is 16.5. The lowest BCUT2D eigenvalue weighted by atomic mass is 10.0. The van der Waals surface area contributed by atoms with Crippen LogP contribution in [0.1, 0.15) is 44.7 Å². The number of carboxylic acids is 1. The van der Waals surface area contributed by atoms with Crippen molar-refractivity contribution in [1.82, 2.24) is 0 Å². The number of benzene rings is 2. The highest BCUT2D eigenvalue weighted by Gasteiger charge is 2.18. The van der Waals surface area contributed by atoms with Crippen LogP contribution in [0.15, 0.2) is 30.3 Å². The average Bonchev–Trinajstić information content (AvgIpc) is 2.67. The molecule has 0 radical (unpaired) electrons. The van der Waals surface area contributed by atoms with E-state index in [9.17, 15) is 19.5 Å². The number of hydrogen-bond donors (Lipinski definition) is 2. The van der Waals surface area contributed by atoms with E-state index in [4.69, 9.17) is 9.47 Å². The number of rotatable bonds is 8. The van der Waals surface area contributed by atoms with Gasteiger partial charge < -0.3 is 19.9 Å². The van der Waals surface area contributed by atoms with Crippen molar-refractivity contribution in [2.75, 3.05) is 19.5 Å². The standard InChI is InChI=1S/C21H23NO6/c1-12-5-6-14(9-13(12)2)17(23)7-8-20(24)22-16-11-19(28-4)18(27-3)10-15(16)21(25)26/h5-6,9-11H,7-8H2,1-4H3,(H,22,24)(H,25,26). The molecule has 0 unspecified atom stereocenters. The van der Waals surface area contributed by atoms with E-state index in [2.05, 4.69) is 5.32 Å². The summed E-state index contributed by atoms with van der Waals surface area (Å²) in [6.07, 6.45) is -0.0524. The van der Waals surface area contributed by atoms with Gasteiger partial charge in [-0.3, -0.25) is 9.59 Å². The van der Waals surface area contributed by atoms with Gasteiger partial charge in [0, 0.05) is 30.5 Å². The average molecular weight is 385 g/mol. The minimum atomic E-state index is -1.22. The molecule has 2 N–H and O–H groups in total. The number of ketones is 1. The molecule has 28 heavy (non-hydrogen) atoms. The number of hydrogen-bond acceptors (Lipinski definition) is 5. The molecule has 0 aliphatic heterocycles. The predicted octanol–water partition coefficient (Wildman–Crippen LogP) is 3.62. The lowest BCUT2D eigenvalue weighted by Crippen LogP contribution is -2.16. The number of carboxylic acid groups (broad SMARTS) is 1. The molecule has 7 nitrogen and oxygen atoms in total. The van der Waals surface area contributed by atoms with Gasteiger partial charge in [-0.2, -0.15) is 0 Å². The molecular formula is C21H23NO6.